The van der Waals surface area contributed by atoms with E-state index in [9.17, 15) is 23.4 Å². The highest BCUT2D eigenvalue weighted by Gasteiger charge is 2.48. The van der Waals surface area contributed by atoms with Crippen molar-refractivity contribution in [3.8, 4) is 0 Å². The van der Waals surface area contributed by atoms with Gasteiger partial charge in [0, 0.05) is 13.3 Å². The van der Waals surface area contributed by atoms with Crippen LogP contribution >= 0.6 is 0 Å². The lowest BCUT2D eigenvalue weighted by atomic mass is 10.3. The van der Waals surface area contributed by atoms with Gasteiger partial charge in [0.25, 0.3) is 10.1 Å². The summed E-state index contributed by atoms with van der Waals surface area (Å²) in [5, 5.41) is 17.4. The zero-order chi connectivity index (χ0) is 11.8. The molecule has 15 heavy (non-hydrogen) atoms. The summed E-state index contributed by atoms with van der Waals surface area (Å²) in [7, 11) is -4.50. The maximum Gasteiger partial charge on any atom is 0.322 e. The number of carbonyl (C=O) groups excluding carboxylic acids is 1. The summed E-state index contributed by atoms with van der Waals surface area (Å²) in [5.74, 6) is -0.816. The van der Waals surface area contributed by atoms with Crippen LogP contribution in [0.4, 0.5) is 0 Å². The third-order valence-electron chi connectivity index (χ3n) is 1.95. The highest BCUT2D eigenvalue weighted by molar-refractivity contribution is 7.86. The Kier molecular flexibility index (Phi) is 3.31. The lowest BCUT2D eigenvalue weighted by molar-refractivity contribution is -0.259. The zero-order valence-corrected chi connectivity index (χ0v) is 8.59. The minimum absolute atomic E-state index is 0.431. The number of hydroxylamine groups is 2. The normalized spacial score (nSPS) is 32.9. The van der Waals surface area contributed by atoms with Crippen molar-refractivity contribution in [1.82, 2.24) is 5.06 Å². The molecule has 0 bridgehead atoms. The molecule has 0 radical (unpaired) electrons. The molecule has 3 unspecified atom stereocenters. The Bertz CT molecular complexity index is 352. The third-order valence-corrected chi connectivity index (χ3v) is 3.15. The molecule has 1 heterocycles. The quantitative estimate of drug-likeness (QED) is 0.477. The molecule has 0 aromatic carbocycles. The van der Waals surface area contributed by atoms with Crippen molar-refractivity contribution in [3.63, 3.8) is 0 Å². The van der Waals surface area contributed by atoms with Gasteiger partial charge in [-0.1, -0.05) is 5.06 Å². The van der Waals surface area contributed by atoms with E-state index in [0.717, 1.165) is 6.92 Å². The van der Waals surface area contributed by atoms with Gasteiger partial charge in [-0.15, -0.1) is 0 Å². The SMILES string of the molecule is CC(=O)ON1C(O)CC(S(=O)(=O)O)C1O. The van der Waals surface area contributed by atoms with Crippen molar-refractivity contribution >= 4 is 16.1 Å². The van der Waals surface area contributed by atoms with Crippen molar-refractivity contribution in [1.29, 1.82) is 0 Å². The van der Waals surface area contributed by atoms with Gasteiger partial charge in [-0.3, -0.25) is 9.35 Å². The van der Waals surface area contributed by atoms with Gasteiger partial charge in [-0.25, -0.2) is 0 Å². The van der Waals surface area contributed by atoms with Crippen LogP contribution in [0.25, 0.3) is 0 Å². The fraction of sp³-hybridized carbons (Fsp3) is 0.833. The van der Waals surface area contributed by atoms with Crippen molar-refractivity contribution < 1.29 is 32.8 Å². The molecule has 1 fully saturated rings. The molecular formula is C6H11NO7S. The van der Waals surface area contributed by atoms with Crippen LogP contribution in [0.5, 0.6) is 0 Å². The molecule has 9 heteroatoms. The topological polar surface area (TPSA) is 124 Å². The largest absolute Gasteiger partial charge is 0.375 e. The van der Waals surface area contributed by atoms with Gasteiger partial charge in [0.05, 0.1) is 0 Å². The standard InChI is InChI=1S/C6H11NO7S/c1-3(8)14-7-5(9)2-4(6(7)10)15(11,12)13/h4-6,9-10H,2H2,1H3,(H,11,12,13). The van der Waals surface area contributed by atoms with E-state index in [0.29, 0.717) is 5.06 Å². The van der Waals surface area contributed by atoms with Gasteiger partial charge in [-0.2, -0.15) is 8.42 Å². The zero-order valence-electron chi connectivity index (χ0n) is 7.77. The molecule has 0 aliphatic carbocycles. The first-order valence-corrected chi connectivity index (χ1v) is 5.53. The summed E-state index contributed by atoms with van der Waals surface area (Å²) in [6, 6.07) is 0. The summed E-state index contributed by atoms with van der Waals surface area (Å²) >= 11 is 0. The lowest BCUT2D eigenvalue weighted by Gasteiger charge is -2.21. The Hall–Kier alpha value is -0.740. The van der Waals surface area contributed by atoms with Crippen molar-refractivity contribution in [3.05, 3.63) is 0 Å². The van der Waals surface area contributed by atoms with E-state index in [1.54, 1.807) is 0 Å². The van der Waals surface area contributed by atoms with Crippen LogP contribution in [0.2, 0.25) is 0 Å². The summed E-state index contributed by atoms with van der Waals surface area (Å²) < 4.78 is 30.2. The van der Waals surface area contributed by atoms with Gasteiger partial charge in [-0.05, 0) is 0 Å². The van der Waals surface area contributed by atoms with Gasteiger partial charge >= 0.3 is 5.97 Å². The van der Waals surface area contributed by atoms with Crippen molar-refractivity contribution in [2.75, 3.05) is 0 Å². The number of nitrogens with zero attached hydrogens (tertiary/aromatic N) is 1. The molecule has 0 aromatic rings. The summed E-state index contributed by atoms with van der Waals surface area (Å²) in [4.78, 5) is 14.9. The van der Waals surface area contributed by atoms with Gasteiger partial charge < -0.3 is 15.1 Å². The van der Waals surface area contributed by atoms with Crippen LogP contribution in [0.15, 0.2) is 0 Å². The van der Waals surface area contributed by atoms with Crippen molar-refractivity contribution in [2.24, 2.45) is 0 Å². The number of hydrogen-bond donors (Lipinski definition) is 3. The summed E-state index contributed by atoms with van der Waals surface area (Å²) in [5.41, 5.74) is 0. The smallest absolute Gasteiger partial charge is 0.322 e. The number of aliphatic hydroxyl groups is 2. The molecule has 1 rings (SSSR count). The second-order valence-electron chi connectivity index (χ2n) is 3.13. The molecule has 8 nitrogen and oxygen atoms in total. The van der Waals surface area contributed by atoms with E-state index in [4.69, 9.17) is 4.55 Å². The summed E-state index contributed by atoms with van der Waals surface area (Å²) in [6.07, 6.45) is -3.68. The molecular weight excluding hydrogens is 230 g/mol. The number of rotatable bonds is 2. The van der Waals surface area contributed by atoms with E-state index >= 15 is 0 Å². The molecule has 1 saturated heterocycles. The van der Waals surface area contributed by atoms with Crippen LogP contribution in [-0.2, 0) is 19.8 Å². The Morgan fingerprint density at radius 3 is 2.33 bits per heavy atom. The molecule has 3 atom stereocenters. The number of carbonyl (C=O) groups is 1. The highest BCUT2D eigenvalue weighted by atomic mass is 32.2. The maximum atomic E-state index is 10.7. The van der Waals surface area contributed by atoms with Gasteiger partial charge in [0.1, 0.15) is 11.5 Å². The molecule has 1 aliphatic heterocycles. The molecule has 0 amide bonds. The Labute approximate surface area is 85.8 Å². The van der Waals surface area contributed by atoms with E-state index in [1.807, 2.05) is 0 Å². The third kappa shape index (κ3) is 2.63. The second-order valence-corrected chi connectivity index (χ2v) is 4.76. The number of aliphatic hydroxyl groups excluding tert-OH is 2. The Morgan fingerprint density at radius 1 is 1.47 bits per heavy atom. The van der Waals surface area contributed by atoms with Crippen LogP contribution in [-0.4, -0.2) is 51.9 Å². The van der Waals surface area contributed by atoms with E-state index < -0.39 is 40.2 Å². The van der Waals surface area contributed by atoms with Crippen LogP contribution < -0.4 is 0 Å². The van der Waals surface area contributed by atoms with E-state index in [2.05, 4.69) is 4.84 Å². The van der Waals surface area contributed by atoms with Crippen molar-refractivity contribution in [2.45, 2.75) is 31.1 Å². The molecule has 3 N–H and O–H groups in total. The molecule has 0 aromatic heterocycles. The van der Waals surface area contributed by atoms with Crippen LogP contribution in [0, 0.1) is 0 Å². The average Bonchev–Trinajstić information content (AvgIpc) is 2.30. The molecule has 1 aliphatic rings. The van der Waals surface area contributed by atoms with Gasteiger partial charge in [0.15, 0.2) is 6.23 Å². The van der Waals surface area contributed by atoms with Gasteiger partial charge in [0.2, 0.25) is 0 Å². The summed E-state index contributed by atoms with van der Waals surface area (Å²) in [6.45, 7) is 1.03. The number of hydrogen-bond acceptors (Lipinski definition) is 7. The average molecular weight is 241 g/mol. The Balaban J connectivity index is 2.83. The lowest BCUT2D eigenvalue weighted by Crippen LogP contribution is -2.41. The predicted molar refractivity (Wildman–Crippen MR) is 45.6 cm³/mol. The van der Waals surface area contributed by atoms with Crippen LogP contribution in [0.1, 0.15) is 13.3 Å². The molecule has 0 spiro atoms. The predicted octanol–water partition coefficient (Wildman–Crippen LogP) is -1.94. The fourth-order valence-electron chi connectivity index (χ4n) is 1.31. The maximum absolute atomic E-state index is 10.7. The first kappa shape index (κ1) is 12.3. The first-order chi connectivity index (χ1) is 6.73. The fourth-order valence-corrected chi connectivity index (χ4v) is 2.16. The molecule has 88 valence electrons. The second kappa shape index (κ2) is 4.02. The Morgan fingerprint density at radius 2 is 2.00 bits per heavy atom. The monoisotopic (exact) mass is 241 g/mol. The van der Waals surface area contributed by atoms with E-state index in [-0.39, 0.29) is 0 Å². The minimum Gasteiger partial charge on any atom is -0.375 e. The first-order valence-electron chi connectivity index (χ1n) is 4.03. The van der Waals surface area contributed by atoms with E-state index in [1.165, 1.54) is 0 Å². The van der Waals surface area contributed by atoms with Crippen LogP contribution in [0.3, 0.4) is 0 Å². The molecule has 0 saturated carbocycles. The highest BCUT2D eigenvalue weighted by Crippen LogP contribution is 2.26. The minimum atomic E-state index is -4.50.